The van der Waals surface area contributed by atoms with Crippen molar-refractivity contribution in [3.8, 4) is 0 Å². The van der Waals surface area contributed by atoms with Crippen LogP contribution in [0.3, 0.4) is 0 Å². The molecular weight excluding hydrogens is 300 g/mol. The summed E-state index contributed by atoms with van der Waals surface area (Å²) < 4.78 is 0. The Kier molecular flexibility index (Phi) is 4.21. The van der Waals surface area contributed by atoms with Crippen LogP contribution in [0.5, 0.6) is 0 Å². The lowest BCUT2D eigenvalue weighted by atomic mass is 10.00. The Morgan fingerprint density at radius 3 is 2.42 bits per heavy atom. The Morgan fingerprint density at radius 2 is 1.79 bits per heavy atom. The molecule has 0 spiro atoms. The summed E-state index contributed by atoms with van der Waals surface area (Å²) in [6, 6.07) is 15.1. The van der Waals surface area contributed by atoms with Gasteiger partial charge in [-0.1, -0.05) is 19.9 Å². The number of aromatic nitrogens is 1. The summed E-state index contributed by atoms with van der Waals surface area (Å²) in [6.45, 7) is 6.30. The zero-order chi connectivity index (χ0) is 17.3. The van der Waals surface area contributed by atoms with Crippen LogP contribution in [0.2, 0.25) is 0 Å². The maximum Gasteiger partial charge on any atom is 0.335 e. The molecule has 2 aromatic carbocycles. The fourth-order valence-corrected chi connectivity index (χ4v) is 2.69. The van der Waals surface area contributed by atoms with E-state index in [4.69, 9.17) is 5.11 Å². The Balaban J connectivity index is 2.03. The second kappa shape index (κ2) is 6.32. The first-order valence-electron chi connectivity index (χ1n) is 7.96. The molecule has 0 unspecified atom stereocenters. The first kappa shape index (κ1) is 16.0. The molecule has 4 heteroatoms. The van der Waals surface area contributed by atoms with Crippen molar-refractivity contribution in [1.29, 1.82) is 0 Å². The van der Waals surface area contributed by atoms with Crippen LogP contribution < -0.4 is 5.32 Å². The average molecular weight is 320 g/mol. The van der Waals surface area contributed by atoms with Gasteiger partial charge in [-0.3, -0.25) is 4.98 Å². The Bertz CT molecular complexity index is 899. The van der Waals surface area contributed by atoms with E-state index >= 15 is 0 Å². The minimum Gasteiger partial charge on any atom is -0.478 e. The van der Waals surface area contributed by atoms with Gasteiger partial charge in [-0.2, -0.15) is 0 Å². The SMILES string of the molecule is Cc1cc(Nc2ccc(C(=O)O)cc2)c2cc(C(C)C)ccc2n1. The second-order valence-corrected chi connectivity index (χ2v) is 6.25. The van der Waals surface area contributed by atoms with Crippen LogP contribution in [0.15, 0.2) is 48.5 Å². The second-order valence-electron chi connectivity index (χ2n) is 6.25. The molecule has 1 heterocycles. The molecule has 3 rings (SSSR count). The fourth-order valence-electron chi connectivity index (χ4n) is 2.69. The van der Waals surface area contributed by atoms with E-state index in [9.17, 15) is 4.79 Å². The number of benzene rings is 2. The number of nitrogens with zero attached hydrogens (tertiary/aromatic N) is 1. The highest BCUT2D eigenvalue weighted by molar-refractivity contribution is 5.94. The lowest BCUT2D eigenvalue weighted by Gasteiger charge is -2.13. The van der Waals surface area contributed by atoms with Crippen molar-refractivity contribution >= 4 is 28.2 Å². The number of carboxylic acids is 1. The number of rotatable bonds is 4. The zero-order valence-electron chi connectivity index (χ0n) is 14.0. The van der Waals surface area contributed by atoms with Crippen LogP contribution in [0.4, 0.5) is 11.4 Å². The smallest absolute Gasteiger partial charge is 0.335 e. The Morgan fingerprint density at radius 1 is 1.08 bits per heavy atom. The van der Waals surface area contributed by atoms with Gasteiger partial charge < -0.3 is 10.4 Å². The number of fused-ring (bicyclic) bond motifs is 1. The molecule has 2 N–H and O–H groups in total. The highest BCUT2D eigenvalue weighted by Gasteiger charge is 2.08. The van der Waals surface area contributed by atoms with E-state index in [1.807, 2.05) is 13.0 Å². The quantitative estimate of drug-likeness (QED) is 0.701. The van der Waals surface area contributed by atoms with Crippen molar-refractivity contribution < 1.29 is 9.90 Å². The molecule has 1 aromatic heterocycles. The van der Waals surface area contributed by atoms with Gasteiger partial charge in [0.05, 0.1) is 11.1 Å². The number of anilines is 2. The molecule has 0 aliphatic carbocycles. The molecule has 3 aromatic rings. The van der Waals surface area contributed by atoms with Gasteiger partial charge in [0.25, 0.3) is 0 Å². The van der Waals surface area contributed by atoms with Crippen LogP contribution in [-0.2, 0) is 0 Å². The Hall–Kier alpha value is -2.88. The van der Waals surface area contributed by atoms with Gasteiger partial charge >= 0.3 is 5.97 Å². The molecule has 122 valence electrons. The fraction of sp³-hybridized carbons (Fsp3) is 0.200. The van der Waals surface area contributed by atoms with Crippen molar-refractivity contribution in [2.75, 3.05) is 5.32 Å². The minimum absolute atomic E-state index is 0.276. The summed E-state index contributed by atoms with van der Waals surface area (Å²) in [5, 5.41) is 13.4. The van der Waals surface area contributed by atoms with Gasteiger partial charge in [0, 0.05) is 22.5 Å². The molecule has 4 nitrogen and oxygen atoms in total. The van der Waals surface area contributed by atoms with Gasteiger partial charge in [0.2, 0.25) is 0 Å². The molecule has 0 radical (unpaired) electrons. The summed E-state index contributed by atoms with van der Waals surface area (Å²) in [7, 11) is 0. The van der Waals surface area contributed by atoms with Gasteiger partial charge in [0.1, 0.15) is 0 Å². The first-order chi connectivity index (χ1) is 11.4. The molecular formula is C20H20N2O2. The molecule has 24 heavy (non-hydrogen) atoms. The van der Waals surface area contributed by atoms with Gasteiger partial charge in [-0.05, 0) is 60.9 Å². The lowest BCUT2D eigenvalue weighted by molar-refractivity contribution is 0.0697. The topological polar surface area (TPSA) is 62.2 Å². The minimum atomic E-state index is -0.923. The van der Waals surface area contributed by atoms with E-state index in [1.54, 1.807) is 24.3 Å². The summed E-state index contributed by atoms with van der Waals surface area (Å²) in [5.41, 5.74) is 5.24. The number of nitrogens with one attached hydrogen (secondary N) is 1. The van der Waals surface area contributed by atoms with Gasteiger partial charge in [-0.15, -0.1) is 0 Å². The van der Waals surface area contributed by atoms with Crippen LogP contribution in [0.1, 0.15) is 41.4 Å². The van der Waals surface area contributed by atoms with Crippen LogP contribution in [-0.4, -0.2) is 16.1 Å². The summed E-state index contributed by atoms with van der Waals surface area (Å²) in [4.78, 5) is 15.6. The lowest BCUT2D eigenvalue weighted by Crippen LogP contribution is -1.98. The van der Waals surface area contributed by atoms with E-state index in [0.717, 1.165) is 28.0 Å². The first-order valence-corrected chi connectivity index (χ1v) is 7.96. The third-order valence-corrected chi connectivity index (χ3v) is 4.04. The summed E-state index contributed by atoms with van der Waals surface area (Å²) in [5.74, 6) is -0.480. The average Bonchev–Trinajstić information content (AvgIpc) is 2.54. The van der Waals surface area contributed by atoms with Gasteiger partial charge in [-0.25, -0.2) is 4.79 Å². The van der Waals surface area contributed by atoms with Crippen molar-refractivity contribution in [3.63, 3.8) is 0 Å². The van der Waals surface area contributed by atoms with E-state index < -0.39 is 5.97 Å². The normalized spacial score (nSPS) is 11.0. The standard InChI is InChI=1S/C20H20N2O2/c1-12(2)15-6-9-18-17(11-15)19(10-13(3)21-18)22-16-7-4-14(5-8-16)20(23)24/h4-12H,1-3H3,(H,21,22)(H,23,24). The van der Waals surface area contributed by atoms with Crippen molar-refractivity contribution in [2.45, 2.75) is 26.7 Å². The number of carbonyl (C=O) groups is 1. The van der Waals surface area contributed by atoms with Crippen molar-refractivity contribution in [3.05, 3.63) is 65.4 Å². The Labute approximate surface area is 141 Å². The van der Waals surface area contributed by atoms with E-state index in [1.165, 1.54) is 5.56 Å². The predicted molar refractivity (Wildman–Crippen MR) is 97.3 cm³/mol. The highest BCUT2D eigenvalue weighted by atomic mass is 16.4. The number of hydrogen-bond donors (Lipinski definition) is 2. The number of aromatic carboxylic acids is 1. The molecule has 0 atom stereocenters. The molecule has 0 amide bonds. The maximum atomic E-state index is 11.0. The van der Waals surface area contributed by atoms with E-state index in [0.29, 0.717) is 5.92 Å². The maximum absolute atomic E-state index is 11.0. The van der Waals surface area contributed by atoms with Crippen LogP contribution in [0, 0.1) is 6.92 Å². The van der Waals surface area contributed by atoms with E-state index in [2.05, 4.69) is 42.3 Å². The number of carboxylic acid groups (broad SMARTS) is 1. The number of hydrogen-bond acceptors (Lipinski definition) is 3. The van der Waals surface area contributed by atoms with Gasteiger partial charge in [0.15, 0.2) is 0 Å². The van der Waals surface area contributed by atoms with E-state index in [-0.39, 0.29) is 5.56 Å². The molecule has 0 aliphatic heterocycles. The molecule has 0 saturated carbocycles. The third-order valence-electron chi connectivity index (χ3n) is 4.04. The predicted octanol–water partition coefficient (Wildman–Crippen LogP) is 5.11. The molecule has 0 aliphatic rings. The molecule has 0 fully saturated rings. The van der Waals surface area contributed by atoms with Crippen molar-refractivity contribution in [1.82, 2.24) is 4.98 Å². The van der Waals surface area contributed by atoms with Crippen molar-refractivity contribution in [2.24, 2.45) is 0 Å². The summed E-state index contributed by atoms with van der Waals surface area (Å²) >= 11 is 0. The monoisotopic (exact) mass is 320 g/mol. The molecule has 0 bridgehead atoms. The highest BCUT2D eigenvalue weighted by Crippen LogP contribution is 2.29. The number of pyridine rings is 1. The zero-order valence-corrected chi connectivity index (χ0v) is 14.0. The third kappa shape index (κ3) is 3.23. The summed E-state index contributed by atoms with van der Waals surface area (Å²) in [6.07, 6.45) is 0. The van der Waals surface area contributed by atoms with Crippen LogP contribution in [0.25, 0.3) is 10.9 Å². The van der Waals surface area contributed by atoms with Crippen LogP contribution >= 0.6 is 0 Å². The largest absolute Gasteiger partial charge is 0.478 e. The number of aryl methyl sites for hydroxylation is 1. The molecule has 0 saturated heterocycles.